The minimum Gasteiger partial charge on any atom is -0.396 e. The lowest BCUT2D eigenvalue weighted by Gasteiger charge is -2.23. The van der Waals surface area contributed by atoms with Gasteiger partial charge in [-0.1, -0.05) is 0 Å². The lowest BCUT2D eigenvalue weighted by molar-refractivity contribution is -0.0328. The summed E-state index contributed by atoms with van der Waals surface area (Å²) in [7, 11) is -9.28. The first-order valence-corrected chi connectivity index (χ1v) is 7.37. The molecule has 0 radical (unpaired) electrons. The fraction of sp³-hybridized carbons (Fsp3) is 1.00. The highest BCUT2D eigenvalue weighted by Crippen LogP contribution is 2.26. The predicted octanol–water partition coefficient (Wildman–Crippen LogP) is -3.92. The average Bonchev–Trinajstić information content (AvgIpc) is 2.17. The van der Waals surface area contributed by atoms with E-state index < -0.39 is 47.5 Å². The van der Waals surface area contributed by atoms with E-state index in [0.29, 0.717) is 0 Å². The molecule has 120 valence electrons. The molecule has 10 N–H and O–H groups in total. The van der Waals surface area contributed by atoms with Gasteiger partial charge in [-0.3, -0.25) is 0 Å². The van der Waals surface area contributed by atoms with Crippen LogP contribution in [0, 0.1) is 5.41 Å². The number of rotatable bonds is 4. The standard InChI is InChI=1S/C5H12O4.2H3O4P/c6-1-5(2-7,3-8)4-9;2*1-5(2,3)4/h6-9H,1-4H2;2*(H3,1,2,3,4). The highest BCUT2D eigenvalue weighted by Gasteiger charge is 2.26. The highest BCUT2D eigenvalue weighted by atomic mass is 31.2. The number of hydrogen-bond acceptors (Lipinski definition) is 6. The first-order valence-electron chi connectivity index (χ1n) is 4.24. The summed E-state index contributed by atoms with van der Waals surface area (Å²) >= 11 is 0. The fourth-order valence-electron chi connectivity index (χ4n) is 0.300. The molecule has 0 amide bonds. The summed E-state index contributed by atoms with van der Waals surface area (Å²) in [6, 6.07) is 0. The van der Waals surface area contributed by atoms with Gasteiger partial charge in [-0.15, -0.1) is 0 Å². The van der Waals surface area contributed by atoms with Crippen LogP contribution in [0.3, 0.4) is 0 Å². The van der Waals surface area contributed by atoms with Crippen molar-refractivity contribution >= 4 is 15.6 Å². The van der Waals surface area contributed by atoms with E-state index in [9.17, 15) is 0 Å². The molecule has 19 heavy (non-hydrogen) atoms. The summed E-state index contributed by atoms with van der Waals surface area (Å²) < 4.78 is 17.8. The Hall–Kier alpha value is 0.0600. The molecule has 0 fully saturated rings. The minimum absolute atomic E-state index is 0.406. The van der Waals surface area contributed by atoms with E-state index in [2.05, 4.69) is 0 Å². The second-order valence-corrected chi connectivity index (χ2v) is 5.21. The van der Waals surface area contributed by atoms with Gasteiger partial charge in [0.25, 0.3) is 0 Å². The van der Waals surface area contributed by atoms with Crippen LogP contribution in [-0.4, -0.2) is 76.2 Å². The van der Waals surface area contributed by atoms with Crippen molar-refractivity contribution in [3.63, 3.8) is 0 Å². The first-order chi connectivity index (χ1) is 8.24. The lowest BCUT2D eigenvalue weighted by atomic mass is 9.93. The van der Waals surface area contributed by atoms with Crippen LogP contribution in [0.2, 0.25) is 0 Å². The van der Waals surface area contributed by atoms with E-state index in [-0.39, 0.29) is 0 Å². The van der Waals surface area contributed by atoms with Crippen LogP contribution in [-0.2, 0) is 9.13 Å². The SMILES string of the molecule is O=P(O)(O)O.O=P(O)(O)O.OCC(CO)(CO)CO. The maximum absolute atomic E-state index is 8.88. The molecule has 0 unspecified atom stereocenters. The number of phosphoric acid groups is 2. The molecule has 0 heterocycles. The van der Waals surface area contributed by atoms with Gasteiger partial charge in [0, 0.05) is 0 Å². The van der Waals surface area contributed by atoms with Crippen molar-refractivity contribution in [2.45, 2.75) is 0 Å². The monoisotopic (exact) mass is 332 g/mol. The quantitative estimate of drug-likeness (QED) is 0.222. The molecule has 0 rings (SSSR count). The average molecular weight is 332 g/mol. The molecular formula is C5H18O12P2. The molecule has 0 aliphatic rings. The smallest absolute Gasteiger partial charge is 0.396 e. The van der Waals surface area contributed by atoms with Crippen LogP contribution in [0.1, 0.15) is 0 Å². The van der Waals surface area contributed by atoms with E-state index in [1.165, 1.54) is 0 Å². The normalized spacial score (nSPS) is 11.9. The molecule has 0 aliphatic heterocycles. The van der Waals surface area contributed by atoms with Gasteiger partial charge in [-0.2, -0.15) is 0 Å². The van der Waals surface area contributed by atoms with Gasteiger partial charge in [0.05, 0.1) is 31.8 Å². The maximum Gasteiger partial charge on any atom is 0.466 e. The van der Waals surface area contributed by atoms with Gasteiger partial charge in [-0.25, -0.2) is 9.13 Å². The Kier molecular flexibility index (Phi) is 13.7. The van der Waals surface area contributed by atoms with Crippen LogP contribution in [0.4, 0.5) is 0 Å². The van der Waals surface area contributed by atoms with Crippen LogP contribution >= 0.6 is 15.6 Å². The van der Waals surface area contributed by atoms with E-state index in [1.807, 2.05) is 0 Å². The van der Waals surface area contributed by atoms with Gasteiger partial charge in [0.1, 0.15) is 0 Å². The zero-order chi connectivity index (χ0) is 16.3. The Morgan fingerprint density at radius 1 is 0.579 bits per heavy atom. The molecular weight excluding hydrogens is 314 g/mol. The van der Waals surface area contributed by atoms with Crippen molar-refractivity contribution in [3.8, 4) is 0 Å². The van der Waals surface area contributed by atoms with Gasteiger partial charge in [-0.05, 0) is 0 Å². The summed E-state index contributed by atoms with van der Waals surface area (Å²) in [5.74, 6) is 0. The zero-order valence-electron chi connectivity index (χ0n) is 9.51. The maximum atomic E-state index is 8.88. The third kappa shape index (κ3) is 32.0. The lowest BCUT2D eigenvalue weighted by Crippen LogP contribution is -2.37. The number of hydrogen-bond donors (Lipinski definition) is 10. The molecule has 0 aromatic rings. The third-order valence-electron chi connectivity index (χ3n) is 1.34. The molecule has 0 spiro atoms. The summed E-state index contributed by atoms with van der Waals surface area (Å²) in [6.07, 6.45) is 0. The molecule has 0 saturated carbocycles. The molecule has 0 aromatic carbocycles. The summed E-state index contributed by atoms with van der Waals surface area (Å²) in [5.41, 5.74) is -1.11. The highest BCUT2D eigenvalue weighted by molar-refractivity contribution is 7.45. The van der Waals surface area contributed by atoms with Gasteiger partial charge >= 0.3 is 15.6 Å². The van der Waals surface area contributed by atoms with Crippen molar-refractivity contribution in [1.29, 1.82) is 0 Å². The summed E-state index contributed by atoms with van der Waals surface area (Å²) in [4.78, 5) is 43.1. The Morgan fingerprint density at radius 3 is 0.684 bits per heavy atom. The van der Waals surface area contributed by atoms with E-state index >= 15 is 0 Å². The van der Waals surface area contributed by atoms with Crippen LogP contribution in [0.15, 0.2) is 0 Å². The van der Waals surface area contributed by atoms with Crippen molar-refractivity contribution in [2.24, 2.45) is 5.41 Å². The van der Waals surface area contributed by atoms with E-state index in [1.54, 1.807) is 0 Å². The largest absolute Gasteiger partial charge is 0.466 e. The van der Waals surface area contributed by atoms with Gasteiger partial charge in [0.15, 0.2) is 0 Å². The van der Waals surface area contributed by atoms with Crippen molar-refractivity contribution < 1.29 is 58.9 Å². The van der Waals surface area contributed by atoms with Gasteiger partial charge < -0.3 is 49.8 Å². The second-order valence-electron chi connectivity index (χ2n) is 3.16. The van der Waals surface area contributed by atoms with Crippen LogP contribution in [0.25, 0.3) is 0 Å². The zero-order valence-corrected chi connectivity index (χ0v) is 11.3. The van der Waals surface area contributed by atoms with Crippen LogP contribution < -0.4 is 0 Å². The van der Waals surface area contributed by atoms with Crippen molar-refractivity contribution in [2.75, 3.05) is 26.4 Å². The van der Waals surface area contributed by atoms with Crippen molar-refractivity contribution in [3.05, 3.63) is 0 Å². The Labute approximate surface area is 107 Å². The topological polar surface area (TPSA) is 236 Å². The molecule has 0 atom stereocenters. The minimum atomic E-state index is -4.64. The predicted molar refractivity (Wildman–Crippen MR) is 59.3 cm³/mol. The summed E-state index contributed by atoms with van der Waals surface area (Å²) in [6.45, 7) is -1.62. The fourth-order valence-corrected chi connectivity index (χ4v) is 0.300. The molecule has 0 aromatic heterocycles. The van der Waals surface area contributed by atoms with E-state index in [0.717, 1.165) is 0 Å². The summed E-state index contributed by atoms with van der Waals surface area (Å²) in [5, 5.41) is 34.0. The molecule has 14 heteroatoms. The number of aliphatic hydroxyl groups is 4. The molecule has 0 bridgehead atoms. The Bertz CT molecular complexity index is 234. The Morgan fingerprint density at radius 2 is 0.684 bits per heavy atom. The van der Waals surface area contributed by atoms with Crippen molar-refractivity contribution in [1.82, 2.24) is 0 Å². The second kappa shape index (κ2) is 10.8. The molecule has 0 saturated heterocycles. The number of aliphatic hydroxyl groups excluding tert-OH is 4. The molecule has 12 nitrogen and oxygen atoms in total. The van der Waals surface area contributed by atoms with E-state index in [4.69, 9.17) is 58.9 Å². The van der Waals surface area contributed by atoms with Gasteiger partial charge in [0.2, 0.25) is 0 Å². The van der Waals surface area contributed by atoms with Crippen LogP contribution in [0.5, 0.6) is 0 Å². The first kappa shape index (κ1) is 24.1. The third-order valence-corrected chi connectivity index (χ3v) is 1.34. The molecule has 0 aliphatic carbocycles. The Balaban J connectivity index is -0.000000219.